The molecule has 2 aromatic rings. The average molecular weight is 555 g/mol. The van der Waals surface area contributed by atoms with E-state index in [4.69, 9.17) is 15.6 Å². The Bertz CT molecular complexity index is 1830. The maximum absolute atomic E-state index is 14.8. The van der Waals surface area contributed by atoms with E-state index in [9.17, 15) is 39.5 Å². The highest BCUT2D eigenvalue weighted by atomic mass is 32.2. The highest BCUT2D eigenvalue weighted by Crippen LogP contribution is 2.46. The lowest BCUT2D eigenvalue weighted by Gasteiger charge is -2.21. The van der Waals surface area contributed by atoms with Gasteiger partial charge in [0.2, 0.25) is 4.90 Å². The number of rotatable bonds is 4. The van der Waals surface area contributed by atoms with Gasteiger partial charge in [-0.05, 0) is 24.6 Å². The second kappa shape index (κ2) is 9.63. The maximum Gasteiger partial charge on any atom is 0.305 e. The summed E-state index contributed by atoms with van der Waals surface area (Å²) in [4.78, 5) is 9.68. The molecular formula is C23H20F2N2O8S2. The average Bonchev–Trinajstić information content (AvgIpc) is 2.79. The van der Waals surface area contributed by atoms with Gasteiger partial charge in [-0.3, -0.25) is 14.8 Å². The number of carbonyl (C=O) groups is 1. The lowest BCUT2D eigenvalue weighted by molar-refractivity contribution is -0.180. The molecule has 2 aromatic carbocycles. The highest BCUT2D eigenvalue weighted by Gasteiger charge is 2.34. The van der Waals surface area contributed by atoms with Gasteiger partial charge in [0.1, 0.15) is 20.8 Å². The summed E-state index contributed by atoms with van der Waals surface area (Å²) < 4.78 is 105. The molecule has 0 saturated heterocycles. The van der Waals surface area contributed by atoms with Crippen molar-refractivity contribution in [2.45, 2.75) is 30.6 Å². The molecule has 5 N–H and O–H groups in total. The van der Waals surface area contributed by atoms with Crippen LogP contribution in [0.2, 0.25) is 0 Å². The molecule has 10 nitrogen and oxygen atoms in total. The SMILES string of the molecule is CC.CC(=O)c1ccccc1-c1c2cc(F)c(=[NH2+])c(S(=O)(=O)O)c-2oc2c(S(=O)(=O)[O-])c(N)c(F)cc12. The first-order valence-corrected chi connectivity index (χ1v) is 13.3. The topological polar surface area (TPSA) is 193 Å². The Morgan fingerprint density at radius 3 is 2.16 bits per heavy atom. The third kappa shape index (κ3) is 4.71. The zero-order valence-corrected chi connectivity index (χ0v) is 21.1. The molecule has 0 aromatic heterocycles. The van der Waals surface area contributed by atoms with Crippen LogP contribution in [0.25, 0.3) is 33.4 Å². The Hall–Kier alpha value is -3.72. The molecule has 196 valence electrons. The van der Waals surface area contributed by atoms with Gasteiger partial charge in [0, 0.05) is 22.1 Å². The Morgan fingerprint density at radius 2 is 1.62 bits per heavy atom. The summed E-state index contributed by atoms with van der Waals surface area (Å²) in [6.07, 6.45) is 0. The van der Waals surface area contributed by atoms with E-state index in [2.05, 4.69) is 0 Å². The molecular weight excluding hydrogens is 534 g/mol. The Labute approximate surface area is 209 Å². The molecule has 0 atom stereocenters. The molecule has 2 aliphatic rings. The third-order valence-corrected chi connectivity index (χ3v) is 7.10. The number of nitrogens with two attached hydrogens (primary N) is 2. The summed E-state index contributed by atoms with van der Waals surface area (Å²) in [7, 11) is -10.8. The lowest BCUT2D eigenvalue weighted by Crippen LogP contribution is -2.50. The van der Waals surface area contributed by atoms with E-state index in [1.54, 1.807) is 0 Å². The fourth-order valence-corrected chi connectivity index (χ4v) is 5.38. The monoisotopic (exact) mass is 554 g/mol. The zero-order chi connectivity index (χ0) is 28.0. The van der Waals surface area contributed by atoms with Crippen molar-refractivity contribution in [1.82, 2.24) is 0 Å². The number of carbonyl (C=O) groups excluding carboxylic acids is 1. The van der Waals surface area contributed by atoms with E-state index >= 15 is 0 Å². The van der Waals surface area contributed by atoms with E-state index in [0.717, 1.165) is 0 Å². The van der Waals surface area contributed by atoms with Gasteiger partial charge in [-0.15, -0.1) is 0 Å². The zero-order valence-electron chi connectivity index (χ0n) is 19.5. The van der Waals surface area contributed by atoms with Crippen LogP contribution in [0.5, 0.6) is 0 Å². The van der Waals surface area contributed by atoms with Gasteiger partial charge in [-0.2, -0.15) is 12.8 Å². The predicted molar refractivity (Wildman–Crippen MR) is 127 cm³/mol. The molecule has 0 bridgehead atoms. The predicted octanol–water partition coefficient (Wildman–Crippen LogP) is 2.10. The van der Waals surface area contributed by atoms with E-state index in [-0.39, 0.29) is 16.7 Å². The molecule has 1 aliphatic carbocycles. The Morgan fingerprint density at radius 1 is 1.03 bits per heavy atom. The quantitative estimate of drug-likeness (QED) is 0.147. The number of benzene rings is 3. The van der Waals surface area contributed by atoms with Crippen LogP contribution in [0, 0.1) is 11.6 Å². The van der Waals surface area contributed by atoms with Gasteiger partial charge in [0.15, 0.2) is 22.9 Å². The third-order valence-electron chi connectivity index (χ3n) is 5.27. The molecule has 14 heteroatoms. The van der Waals surface area contributed by atoms with E-state index in [0.29, 0.717) is 12.1 Å². The molecule has 0 spiro atoms. The van der Waals surface area contributed by atoms with Crippen LogP contribution < -0.4 is 16.5 Å². The van der Waals surface area contributed by atoms with Crippen LogP contribution in [0.15, 0.2) is 50.6 Å². The van der Waals surface area contributed by atoms with Crippen LogP contribution >= 0.6 is 0 Å². The van der Waals surface area contributed by atoms with Gasteiger partial charge in [-0.1, -0.05) is 38.1 Å². The normalized spacial score (nSPS) is 11.9. The number of hydrogen-bond donors (Lipinski definition) is 3. The number of hydrogen-bond acceptors (Lipinski definition) is 8. The van der Waals surface area contributed by atoms with Crippen molar-refractivity contribution >= 4 is 42.7 Å². The van der Waals surface area contributed by atoms with Crippen molar-refractivity contribution in [1.29, 1.82) is 0 Å². The summed E-state index contributed by atoms with van der Waals surface area (Å²) in [6.45, 7) is 5.19. The fourth-order valence-electron chi connectivity index (χ4n) is 3.87. The van der Waals surface area contributed by atoms with Gasteiger partial charge < -0.3 is 14.7 Å². The first kappa shape index (κ1) is 27.9. The first-order chi connectivity index (χ1) is 17.1. The van der Waals surface area contributed by atoms with Crippen molar-refractivity contribution < 1.29 is 49.3 Å². The molecule has 4 rings (SSSR count). The van der Waals surface area contributed by atoms with Gasteiger partial charge in [0.05, 0.1) is 5.69 Å². The minimum atomic E-state index is -5.54. The van der Waals surface area contributed by atoms with E-state index in [1.807, 2.05) is 13.8 Å². The molecule has 0 unspecified atom stereocenters. The highest BCUT2D eigenvalue weighted by molar-refractivity contribution is 7.86. The number of halogens is 2. The molecule has 0 fully saturated rings. The Kier molecular flexibility index (Phi) is 7.25. The molecule has 1 aliphatic heterocycles. The van der Waals surface area contributed by atoms with Crippen LogP contribution in [0.3, 0.4) is 0 Å². The first-order valence-electron chi connectivity index (χ1n) is 10.5. The van der Waals surface area contributed by atoms with Crippen molar-refractivity contribution in [3.05, 3.63) is 59.0 Å². The van der Waals surface area contributed by atoms with E-state index in [1.165, 1.54) is 31.2 Å². The second-order valence-electron chi connectivity index (χ2n) is 7.46. The minimum absolute atomic E-state index is 0.00398. The van der Waals surface area contributed by atoms with E-state index < -0.39 is 80.8 Å². The van der Waals surface area contributed by atoms with Crippen molar-refractivity contribution in [2.24, 2.45) is 0 Å². The van der Waals surface area contributed by atoms with Gasteiger partial charge in [0.25, 0.3) is 5.36 Å². The van der Waals surface area contributed by atoms with Crippen LogP contribution in [0.1, 0.15) is 31.1 Å². The van der Waals surface area contributed by atoms with Crippen LogP contribution in [-0.4, -0.2) is 31.7 Å². The minimum Gasteiger partial charge on any atom is -0.744 e. The van der Waals surface area contributed by atoms with Gasteiger partial charge >= 0.3 is 10.1 Å². The van der Waals surface area contributed by atoms with Crippen molar-refractivity contribution in [3.8, 4) is 22.5 Å². The number of fused-ring (bicyclic) bond motifs is 2. The van der Waals surface area contributed by atoms with Crippen LogP contribution in [-0.2, 0) is 20.2 Å². The molecule has 0 saturated carbocycles. The Balaban J connectivity index is 0.00000186. The standard InChI is InChI=1S/C21H14F2N2O8S2.C2H6/c1-8(26)9-4-2-3-5-10(9)15-11-6-13(22)16(24)20(34(27,28)29)18(11)33-19-12(15)7-14(23)17(25)21(19)35(30,31)32;1-2/h2-7,24H,25H2,1H3,(H,27,28,29)(H,30,31,32);1-2H3. The summed E-state index contributed by atoms with van der Waals surface area (Å²) in [5.74, 6) is -4.05. The fraction of sp³-hybridized carbons (Fsp3) is 0.130. The van der Waals surface area contributed by atoms with Crippen molar-refractivity contribution in [3.63, 3.8) is 0 Å². The summed E-state index contributed by atoms with van der Waals surface area (Å²) in [5.41, 5.74) is 2.76. The largest absolute Gasteiger partial charge is 0.744 e. The summed E-state index contributed by atoms with van der Waals surface area (Å²) in [5, 5.41) is 4.01. The van der Waals surface area contributed by atoms with Gasteiger partial charge in [-0.25, -0.2) is 12.8 Å². The summed E-state index contributed by atoms with van der Waals surface area (Å²) >= 11 is 0. The molecule has 37 heavy (non-hydrogen) atoms. The smallest absolute Gasteiger partial charge is 0.305 e. The molecule has 1 heterocycles. The molecule has 0 amide bonds. The number of ketones is 1. The number of Topliss-reactive ketones (excluding diaryl/α,β-unsaturated/α-hetero) is 1. The lowest BCUT2D eigenvalue weighted by atomic mass is 9.89. The van der Waals surface area contributed by atoms with Crippen LogP contribution in [0.4, 0.5) is 14.5 Å². The molecule has 0 radical (unpaired) electrons. The second-order valence-corrected chi connectivity index (χ2v) is 10.1. The maximum atomic E-state index is 14.8. The number of anilines is 1. The van der Waals surface area contributed by atoms with Crippen molar-refractivity contribution in [2.75, 3.05) is 5.73 Å². The number of nitrogen functional groups attached to an aromatic ring is 1. The summed E-state index contributed by atoms with van der Waals surface area (Å²) in [6, 6.07) is 7.01.